The second kappa shape index (κ2) is 7.42. The number of carbonyl (C=O) groups is 1. The fraction of sp³-hybridized carbons (Fsp3) is 0.0588. The summed E-state index contributed by atoms with van der Waals surface area (Å²) < 4.78 is 41.5. The Bertz CT molecular complexity index is 1000. The molecule has 0 radical (unpaired) electrons. The van der Waals surface area contributed by atoms with Crippen LogP contribution in [0.5, 0.6) is 0 Å². The van der Waals surface area contributed by atoms with E-state index in [0.29, 0.717) is 9.70 Å². The minimum Gasteiger partial charge on any atom is -0.322 e. The Balaban J connectivity index is 2.01. The number of rotatable bonds is 3. The molecule has 0 bridgehead atoms. The van der Waals surface area contributed by atoms with Crippen molar-refractivity contribution in [2.24, 2.45) is 0 Å². The molecule has 0 aliphatic carbocycles. The highest BCUT2D eigenvalue weighted by Gasteiger charge is 2.40. The number of hydrogen-bond acceptors (Lipinski definition) is 2. The molecule has 2 aromatic carbocycles. The summed E-state index contributed by atoms with van der Waals surface area (Å²) in [6, 6.07) is 9.75. The average Bonchev–Trinajstić information content (AvgIpc) is 3.04. The van der Waals surface area contributed by atoms with Crippen molar-refractivity contribution in [3.05, 3.63) is 75.0 Å². The van der Waals surface area contributed by atoms with E-state index in [2.05, 4.69) is 10.4 Å². The second-order valence-corrected chi connectivity index (χ2v) is 6.63. The summed E-state index contributed by atoms with van der Waals surface area (Å²) in [5.74, 6) is -0.985. The monoisotopic (exact) mass is 433 g/mol. The molecular formula is C17H9Cl3F3N3O. The van der Waals surface area contributed by atoms with Gasteiger partial charge in [0.1, 0.15) is 0 Å². The Morgan fingerprint density at radius 1 is 1.00 bits per heavy atom. The van der Waals surface area contributed by atoms with Gasteiger partial charge in [0.15, 0.2) is 5.69 Å². The normalized spacial score (nSPS) is 11.5. The van der Waals surface area contributed by atoms with E-state index >= 15 is 0 Å². The van der Waals surface area contributed by atoms with E-state index in [9.17, 15) is 18.0 Å². The van der Waals surface area contributed by atoms with Crippen molar-refractivity contribution in [1.82, 2.24) is 9.78 Å². The van der Waals surface area contributed by atoms with Gasteiger partial charge in [-0.25, -0.2) is 4.68 Å². The molecule has 0 aliphatic rings. The van der Waals surface area contributed by atoms with Crippen molar-refractivity contribution >= 4 is 46.4 Å². The summed E-state index contributed by atoms with van der Waals surface area (Å²) in [7, 11) is 0. The first-order valence-electron chi connectivity index (χ1n) is 7.34. The van der Waals surface area contributed by atoms with E-state index in [1.807, 2.05) is 0 Å². The highest BCUT2D eigenvalue weighted by Crippen LogP contribution is 2.34. The van der Waals surface area contributed by atoms with E-state index in [-0.39, 0.29) is 21.4 Å². The predicted molar refractivity (Wildman–Crippen MR) is 98.0 cm³/mol. The molecule has 140 valence electrons. The smallest absolute Gasteiger partial charge is 0.322 e. The second-order valence-electron chi connectivity index (χ2n) is 5.38. The van der Waals surface area contributed by atoms with Crippen LogP contribution in [0, 0.1) is 0 Å². The summed E-state index contributed by atoms with van der Waals surface area (Å²) in [5, 5.41) is 6.84. The van der Waals surface area contributed by atoms with Gasteiger partial charge in [0, 0.05) is 10.7 Å². The summed E-state index contributed by atoms with van der Waals surface area (Å²) in [5.41, 5.74) is -1.53. The molecule has 3 rings (SSSR count). The number of alkyl halides is 3. The van der Waals surface area contributed by atoms with Crippen molar-refractivity contribution < 1.29 is 18.0 Å². The Hall–Kier alpha value is -2.22. The summed E-state index contributed by atoms with van der Waals surface area (Å²) in [6.45, 7) is 0. The number of nitrogens with one attached hydrogen (secondary N) is 1. The van der Waals surface area contributed by atoms with Crippen molar-refractivity contribution in [3.63, 3.8) is 0 Å². The van der Waals surface area contributed by atoms with Crippen LogP contribution in [-0.4, -0.2) is 15.7 Å². The third-order valence-corrected chi connectivity index (χ3v) is 4.52. The van der Waals surface area contributed by atoms with Gasteiger partial charge in [0.05, 0.1) is 27.5 Å². The third-order valence-electron chi connectivity index (χ3n) is 3.53. The molecule has 3 aromatic rings. The van der Waals surface area contributed by atoms with Gasteiger partial charge in [0.25, 0.3) is 5.91 Å². The van der Waals surface area contributed by atoms with E-state index < -0.39 is 23.3 Å². The zero-order valence-corrected chi connectivity index (χ0v) is 15.5. The third kappa shape index (κ3) is 4.21. The van der Waals surface area contributed by atoms with Crippen molar-refractivity contribution in [3.8, 4) is 5.69 Å². The molecule has 0 fully saturated rings. The van der Waals surface area contributed by atoms with E-state index in [4.69, 9.17) is 34.8 Å². The van der Waals surface area contributed by atoms with Crippen LogP contribution in [0.3, 0.4) is 0 Å². The van der Waals surface area contributed by atoms with E-state index in [0.717, 1.165) is 6.20 Å². The van der Waals surface area contributed by atoms with Gasteiger partial charge in [-0.15, -0.1) is 0 Å². The maximum atomic E-state index is 13.6. The molecule has 1 N–H and O–H groups in total. The fourth-order valence-corrected chi connectivity index (χ4v) is 2.76. The Kier molecular flexibility index (Phi) is 5.37. The molecule has 27 heavy (non-hydrogen) atoms. The minimum absolute atomic E-state index is 0.111. The zero-order chi connectivity index (χ0) is 19.8. The molecule has 4 nitrogen and oxygen atoms in total. The standard InChI is InChI=1S/C17H9Cl3F3N3O/c18-9-1-4-11(5-2-9)26-15(17(21,22)23)12(8-24-26)16(27)25-10-3-6-13(19)14(20)7-10/h1-8H,(H,25,27). The summed E-state index contributed by atoms with van der Waals surface area (Å²) in [4.78, 5) is 12.4. The lowest BCUT2D eigenvalue weighted by Crippen LogP contribution is -2.20. The molecule has 1 aromatic heterocycles. The quantitative estimate of drug-likeness (QED) is 0.541. The molecular weight excluding hydrogens is 426 g/mol. The van der Waals surface area contributed by atoms with Crippen LogP contribution in [0.1, 0.15) is 16.1 Å². The predicted octanol–water partition coefficient (Wildman–Crippen LogP) is 6.10. The first kappa shape index (κ1) is 19.5. The largest absolute Gasteiger partial charge is 0.434 e. The lowest BCUT2D eigenvalue weighted by molar-refractivity contribution is -0.143. The zero-order valence-electron chi connectivity index (χ0n) is 13.2. The molecule has 1 heterocycles. The van der Waals surface area contributed by atoms with Gasteiger partial charge in [-0.05, 0) is 42.5 Å². The van der Waals surface area contributed by atoms with Crippen LogP contribution in [-0.2, 0) is 6.18 Å². The Morgan fingerprint density at radius 2 is 1.67 bits per heavy atom. The number of nitrogens with zero attached hydrogens (tertiary/aromatic N) is 2. The highest BCUT2D eigenvalue weighted by molar-refractivity contribution is 6.42. The summed E-state index contributed by atoms with van der Waals surface area (Å²) in [6.07, 6.45) is -3.97. The topological polar surface area (TPSA) is 46.9 Å². The van der Waals surface area contributed by atoms with Gasteiger partial charge in [-0.3, -0.25) is 4.79 Å². The Labute approximate surface area is 166 Å². The number of amides is 1. The number of anilines is 1. The molecule has 0 unspecified atom stereocenters. The van der Waals surface area contributed by atoms with E-state index in [1.165, 1.54) is 42.5 Å². The van der Waals surface area contributed by atoms with Crippen LogP contribution in [0.4, 0.5) is 18.9 Å². The maximum Gasteiger partial charge on any atom is 0.434 e. The van der Waals surface area contributed by atoms with Gasteiger partial charge < -0.3 is 5.32 Å². The maximum absolute atomic E-state index is 13.6. The average molecular weight is 435 g/mol. The molecule has 10 heteroatoms. The molecule has 1 amide bonds. The molecule has 0 saturated heterocycles. The number of hydrogen-bond donors (Lipinski definition) is 1. The van der Waals surface area contributed by atoms with Gasteiger partial charge in [-0.2, -0.15) is 18.3 Å². The highest BCUT2D eigenvalue weighted by atomic mass is 35.5. The summed E-state index contributed by atoms with van der Waals surface area (Å²) >= 11 is 17.4. The van der Waals surface area contributed by atoms with Gasteiger partial charge in [0.2, 0.25) is 0 Å². The molecule has 0 saturated carbocycles. The lowest BCUT2D eigenvalue weighted by Gasteiger charge is -2.13. The van der Waals surface area contributed by atoms with Gasteiger partial charge >= 0.3 is 6.18 Å². The molecule has 0 spiro atoms. The van der Waals surface area contributed by atoms with Crippen LogP contribution in [0.15, 0.2) is 48.7 Å². The van der Waals surface area contributed by atoms with E-state index in [1.54, 1.807) is 0 Å². The number of aromatic nitrogens is 2. The van der Waals surface area contributed by atoms with Crippen molar-refractivity contribution in [2.45, 2.75) is 6.18 Å². The van der Waals surface area contributed by atoms with Gasteiger partial charge in [-0.1, -0.05) is 34.8 Å². The van der Waals surface area contributed by atoms with Crippen molar-refractivity contribution in [2.75, 3.05) is 5.32 Å². The number of halogens is 6. The van der Waals surface area contributed by atoms with Crippen LogP contribution < -0.4 is 5.32 Å². The Morgan fingerprint density at radius 3 is 2.26 bits per heavy atom. The minimum atomic E-state index is -4.82. The number of benzene rings is 2. The van der Waals surface area contributed by atoms with Crippen molar-refractivity contribution in [1.29, 1.82) is 0 Å². The molecule has 0 atom stereocenters. The SMILES string of the molecule is O=C(Nc1ccc(Cl)c(Cl)c1)c1cnn(-c2ccc(Cl)cc2)c1C(F)(F)F. The molecule has 0 aliphatic heterocycles. The van der Waals surface area contributed by atoms with Crippen LogP contribution >= 0.6 is 34.8 Å². The first-order valence-corrected chi connectivity index (χ1v) is 8.48. The van der Waals surface area contributed by atoms with Crippen LogP contribution in [0.2, 0.25) is 15.1 Å². The fourth-order valence-electron chi connectivity index (χ4n) is 2.34. The number of carbonyl (C=O) groups excluding carboxylic acids is 1. The first-order chi connectivity index (χ1) is 12.7. The van der Waals surface area contributed by atoms with Crippen LogP contribution in [0.25, 0.3) is 5.69 Å². The lowest BCUT2D eigenvalue weighted by atomic mass is 10.2.